The van der Waals surface area contributed by atoms with E-state index in [9.17, 15) is 27.9 Å². The minimum Gasteiger partial charge on any atom is -0.488 e. The van der Waals surface area contributed by atoms with Crippen LogP contribution >= 0.6 is 0 Å². The van der Waals surface area contributed by atoms with Gasteiger partial charge in [-0.25, -0.2) is 9.59 Å². The number of benzene rings is 1. The van der Waals surface area contributed by atoms with E-state index in [0.717, 1.165) is 17.0 Å². The number of carboxylic acids is 1. The van der Waals surface area contributed by atoms with Crippen LogP contribution in [0, 0.1) is 0 Å². The summed E-state index contributed by atoms with van der Waals surface area (Å²) in [6, 6.07) is 3.13. The van der Waals surface area contributed by atoms with Crippen LogP contribution in [0.4, 0.5) is 18.0 Å². The molecule has 0 spiro atoms. The lowest BCUT2D eigenvalue weighted by Gasteiger charge is -2.26. The van der Waals surface area contributed by atoms with Crippen LogP contribution in [-0.2, 0) is 15.7 Å². The van der Waals surface area contributed by atoms with E-state index in [1.165, 1.54) is 12.1 Å². The Kier molecular flexibility index (Phi) is 5.39. The van der Waals surface area contributed by atoms with E-state index in [1.807, 2.05) is 0 Å². The summed E-state index contributed by atoms with van der Waals surface area (Å²) in [5.74, 6) is -1.27. The predicted octanol–water partition coefficient (Wildman–Crippen LogP) is 3.55. The van der Waals surface area contributed by atoms with Crippen molar-refractivity contribution in [2.24, 2.45) is 0 Å². The van der Waals surface area contributed by atoms with E-state index in [-0.39, 0.29) is 18.7 Å². The van der Waals surface area contributed by atoms with Crippen molar-refractivity contribution in [3.05, 3.63) is 29.8 Å². The van der Waals surface area contributed by atoms with Crippen molar-refractivity contribution in [2.45, 2.75) is 51.1 Å². The molecule has 1 heterocycles. The molecule has 2 atom stereocenters. The zero-order chi connectivity index (χ0) is 19.7. The number of ether oxygens (including phenoxy) is 2. The van der Waals surface area contributed by atoms with Crippen molar-refractivity contribution in [2.75, 3.05) is 6.54 Å². The van der Waals surface area contributed by atoms with Crippen LogP contribution in [0.2, 0.25) is 0 Å². The van der Waals surface area contributed by atoms with Gasteiger partial charge in [-0.2, -0.15) is 13.2 Å². The molecular formula is C17H20F3NO5. The molecule has 1 aromatic rings. The Labute approximate surface area is 148 Å². The van der Waals surface area contributed by atoms with E-state index < -0.39 is 41.5 Å². The van der Waals surface area contributed by atoms with Gasteiger partial charge in [-0.3, -0.25) is 4.90 Å². The lowest BCUT2D eigenvalue weighted by atomic mass is 10.2. The number of carboxylic acid groups (broad SMARTS) is 1. The van der Waals surface area contributed by atoms with Gasteiger partial charge in [-0.15, -0.1) is 0 Å². The fraction of sp³-hybridized carbons (Fsp3) is 0.529. The van der Waals surface area contributed by atoms with Crippen molar-refractivity contribution in [3.8, 4) is 5.75 Å². The van der Waals surface area contributed by atoms with Crippen LogP contribution in [0.1, 0.15) is 32.8 Å². The Morgan fingerprint density at radius 2 is 1.88 bits per heavy atom. The maximum Gasteiger partial charge on any atom is 0.416 e. The fourth-order valence-electron chi connectivity index (χ4n) is 2.58. The van der Waals surface area contributed by atoms with Crippen LogP contribution < -0.4 is 4.74 Å². The number of rotatable bonds is 3. The molecule has 1 amide bonds. The van der Waals surface area contributed by atoms with Crippen LogP contribution in [0.5, 0.6) is 5.75 Å². The summed E-state index contributed by atoms with van der Waals surface area (Å²) < 4.78 is 49.0. The number of carbonyl (C=O) groups excluding carboxylic acids is 1. The molecule has 0 bridgehead atoms. The van der Waals surface area contributed by atoms with Gasteiger partial charge in [0.2, 0.25) is 0 Å². The molecule has 1 saturated heterocycles. The highest BCUT2D eigenvalue weighted by atomic mass is 19.4. The number of hydrogen-bond acceptors (Lipinski definition) is 4. The van der Waals surface area contributed by atoms with Crippen molar-refractivity contribution >= 4 is 12.1 Å². The number of carbonyl (C=O) groups is 2. The summed E-state index contributed by atoms with van der Waals surface area (Å²) in [5, 5.41) is 9.31. The first-order valence-electron chi connectivity index (χ1n) is 7.93. The van der Waals surface area contributed by atoms with Crippen molar-refractivity contribution in [3.63, 3.8) is 0 Å². The second-order valence-corrected chi connectivity index (χ2v) is 6.99. The Bertz CT molecular complexity index is 684. The summed E-state index contributed by atoms with van der Waals surface area (Å²) in [6.07, 6.45) is -6.13. The lowest BCUT2D eigenvalue weighted by Crippen LogP contribution is -2.43. The van der Waals surface area contributed by atoms with Gasteiger partial charge >= 0.3 is 18.2 Å². The average Bonchev–Trinajstić information content (AvgIpc) is 2.89. The molecule has 0 saturated carbocycles. The molecule has 2 rings (SSSR count). The molecule has 9 heteroatoms. The maximum absolute atomic E-state index is 12.8. The number of halogens is 3. The first-order chi connectivity index (χ1) is 11.9. The average molecular weight is 375 g/mol. The standard InChI is InChI=1S/C17H20F3NO5/c1-16(2,3)26-15(24)21-9-12(8-13(21)14(22)23)25-11-6-4-5-10(7-11)17(18,19)20/h4-7,12-13H,8-9H2,1-3H3,(H,22,23)/t12-,13+/m1/s1. The Balaban J connectivity index is 2.12. The molecule has 26 heavy (non-hydrogen) atoms. The number of nitrogens with zero attached hydrogens (tertiary/aromatic N) is 1. The van der Waals surface area contributed by atoms with Gasteiger partial charge in [0, 0.05) is 6.42 Å². The maximum atomic E-state index is 12.8. The minimum atomic E-state index is -4.51. The van der Waals surface area contributed by atoms with E-state index in [2.05, 4.69) is 0 Å². The Morgan fingerprint density at radius 3 is 2.42 bits per heavy atom. The molecular weight excluding hydrogens is 355 g/mol. The topological polar surface area (TPSA) is 76.1 Å². The molecule has 1 aliphatic heterocycles. The quantitative estimate of drug-likeness (QED) is 0.874. The highest BCUT2D eigenvalue weighted by Crippen LogP contribution is 2.32. The number of amides is 1. The predicted molar refractivity (Wildman–Crippen MR) is 84.8 cm³/mol. The minimum absolute atomic E-state index is 0.0417. The molecule has 1 N–H and O–H groups in total. The third-order valence-electron chi connectivity index (χ3n) is 3.64. The summed E-state index contributed by atoms with van der Waals surface area (Å²) in [4.78, 5) is 24.6. The van der Waals surface area contributed by atoms with Crippen molar-refractivity contribution < 1.29 is 37.3 Å². The highest BCUT2D eigenvalue weighted by Gasteiger charge is 2.42. The number of hydrogen-bond donors (Lipinski definition) is 1. The van der Waals surface area contributed by atoms with E-state index in [4.69, 9.17) is 9.47 Å². The van der Waals surface area contributed by atoms with E-state index in [0.29, 0.717) is 0 Å². The van der Waals surface area contributed by atoms with Gasteiger partial charge in [0.15, 0.2) is 0 Å². The third kappa shape index (κ3) is 5.03. The van der Waals surface area contributed by atoms with E-state index >= 15 is 0 Å². The Morgan fingerprint density at radius 1 is 1.23 bits per heavy atom. The second-order valence-electron chi connectivity index (χ2n) is 6.99. The van der Waals surface area contributed by atoms with Crippen LogP contribution in [0.3, 0.4) is 0 Å². The summed E-state index contributed by atoms with van der Waals surface area (Å²) in [5.41, 5.74) is -1.67. The molecule has 0 aromatic heterocycles. The number of aliphatic carboxylic acids is 1. The molecule has 0 aliphatic carbocycles. The molecule has 1 aromatic carbocycles. The normalized spacial score (nSPS) is 20.8. The molecule has 1 aliphatic rings. The van der Waals surface area contributed by atoms with Crippen LogP contribution in [-0.4, -0.2) is 46.4 Å². The summed E-state index contributed by atoms with van der Waals surface area (Å²) >= 11 is 0. The second kappa shape index (κ2) is 7.05. The molecule has 144 valence electrons. The fourth-order valence-corrected chi connectivity index (χ4v) is 2.58. The Hall–Kier alpha value is -2.45. The monoisotopic (exact) mass is 375 g/mol. The molecule has 6 nitrogen and oxygen atoms in total. The SMILES string of the molecule is CC(C)(C)OC(=O)N1C[C@H](Oc2cccc(C(F)(F)F)c2)C[C@H]1C(=O)O. The summed E-state index contributed by atoms with van der Waals surface area (Å²) in [6.45, 7) is 4.84. The van der Waals surface area contributed by atoms with Crippen molar-refractivity contribution in [1.82, 2.24) is 4.90 Å². The van der Waals surface area contributed by atoms with Gasteiger partial charge < -0.3 is 14.6 Å². The van der Waals surface area contributed by atoms with Gasteiger partial charge in [-0.05, 0) is 39.0 Å². The van der Waals surface area contributed by atoms with Gasteiger partial charge in [0.1, 0.15) is 23.5 Å². The highest BCUT2D eigenvalue weighted by molar-refractivity contribution is 5.81. The molecule has 1 fully saturated rings. The smallest absolute Gasteiger partial charge is 0.416 e. The summed E-state index contributed by atoms with van der Waals surface area (Å²) in [7, 11) is 0. The largest absolute Gasteiger partial charge is 0.488 e. The third-order valence-corrected chi connectivity index (χ3v) is 3.64. The first kappa shape index (κ1) is 19.9. The molecule has 0 unspecified atom stereocenters. The van der Waals surface area contributed by atoms with Gasteiger partial charge in [0.25, 0.3) is 0 Å². The van der Waals surface area contributed by atoms with Gasteiger partial charge in [0.05, 0.1) is 12.1 Å². The number of likely N-dealkylation sites (tertiary alicyclic amines) is 1. The van der Waals surface area contributed by atoms with Crippen LogP contribution in [0.25, 0.3) is 0 Å². The first-order valence-corrected chi connectivity index (χ1v) is 7.93. The molecule has 0 radical (unpaired) electrons. The lowest BCUT2D eigenvalue weighted by molar-refractivity contribution is -0.142. The van der Waals surface area contributed by atoms with E-state index in [1.54, 1.807) is 20.8 Å². The van der Waals surface area contributed by atoms with Gasteiger partial charge in [-0.1, -0.05) is 6.07 Å². The van der Waals surface area contributed by atoms with Crippen molar-refractivity contribution in [1.29, 1.82) is 0 Å². The number of alkyl halides is 3. The zero-order valence-corrected chi connectivity index (χ0v) is 14.5. The van der Waals surface area contributed by atoms with Crippen LogP contribution in [0.15, 0.2) is 24.3 Å². The zero-order valence-electron chi connectivity index (χ0n) is 14.5.